The molecule has 3 heteroatoms. The molecule has 86 valence electrons. The monoisotopic (exact) mass is 233 g/mol. The molecule has 0 fully saturated rings. The van der Waals surface area contributed by atoms with Crippen LogP contribution in [0.3, 0.4) is 0 Å². The van der Waals surface area contributed by atoms with Gasteiger partial charge >= 0.3 is 0 Å². The van der Waals surface area contributed by atoms with Crippen molar-refractivity contribution in [3.05, 3.63) is 47.3 Å². The maximum absolute atomic E-state index is 7.18. The number of rotatable bonds is 5. The highest BCUT2D eigenvalue weighted by Gasteiger charge is 2.20. The maximum atomic E-state index is 7.18. The van der Waals surface area contributed by atoms with Gasteiger partial charge in [-0.15, -0.1) is 0 Å². The zero-order chi connectivity index (χ0) is 12.0. The second-order valence-corrected chi connectivity index (χ2v) is 9.41. The molecular formula is C13H19NOSi. The lowest BCUT2D eigenvalue weighted by Crippen LogP contribution is -2.30. The van der Waals surface area contributed by atoms with E-state index in [-0.39, 0.29) is 6.04 Å². The molecule has 1 aromatic carbocycles. The molecule has 0 unspecified atom stereocenters. The quantitative estimate of drug-likeness (QED) is 0.561. The van der Waals surface area contributed by atoms with Crippen molar-refractivity contribution in [3.8, 4) is 0 Å². The lowest BCUT2D eigenvalue weighted by atomic mass is 10.1. The SMILES string of the molecule is [C-]#[N+][C@H](CO[Si](C)(C)C)Cc1ccccc1. The van der Waals surface area contributed by atoms with E-state index in [0.717, 1.165) is 6.42 Å². The molecule has 1 aromatic rings. The van der Waals surface area contributed by atoms with Crippen molar-refractivity contribution in [3.63, 3.8) is 0 Å². The molecule has 0 aliphatic heterocycles. The molecule has 2 nitrogen and oxygen atoms in total. The van der Waals surface area contributed by atoms with Gasteiger partial charge in [-0.1, -0.05) is 30.3 Å². The molecule has 0 saturated heterocycles. The first-order valence-electron chi connectivity index (χ1n) is 5.56. The molecule has 16 heavy (non-hydrogen) atoms. The number of hydrogen-bond acceptors (Lipinski definition) is 1. The summed E-state index contributed by atoms with van der Waals surface area (Å²) in [6.07, 6.45) is 0.787. The van der Waals surface area contributed by atoms with Crippen LogP contribution in [0, 0.1) is 6.57 Å². The van der Waals surface area contributed by atoms with Gasteiger partial charge in [-0.05, 0) is 25.2 Å². The van der Waals surface area contributed by atoms with Crippen LogP contribution in [0.5, 0.6) is 0 Å². The molecule has 0 saturated carbocycles. The smallest absolute Gasteiger partial charge is 0.249 e. The Morgan fingerprint density at radius 3 is 2.38 bits per heavy atom. The van der Waals surface area contributed by atoms with Gasteiger partial charge in [-0.25, -0.2) is 6.57 Å². The molecule has 1 rings (SSSR count). The van der Waals surface area contributed by atoms with Gasteiger partial charge < -0.3 is 9.27 Å². The first kappa shape index (κ1) is 13.0. The van der Waals surface area contributed by atoms with Crippen molar-refractivity contribution in [1.29, 1.82) is 0 Å². The first-order valence-corrected chi connectivity index (χ1v) is 8.96. The summed E-state index contributed by atoms with van der Waals surface area (Å²) in [5.74, 6) is 0. The largest absolute Gasteiger partial charge is 0.410 e. The molecule has 0 bridgehead atoms. The van der Waals surface area contributed by atoms with E-state index in [1.165, 1.54) is 5.56 Å². The highest BCUT2D eigenvalue weighted by atomic mass is 28.4. The minimum atomic E-state index is -1.50. The Labute approximate surface area is 99.2 Å². The third-order valence-corrected chi connectivity index (χ3v) is 3.24. The number of nitrogens with zero attached hydrogens (tertiary/aromatic N) is 1. The van der Waals surface area contributed by atoms with Crippen LogP contribution >= 0.6 is 0 Å². The number of hydrogen-bond donors (Lipinski definition) is 0. The molecule has 0 aliphatic rings. The van der Waals surface area contributed by atoms with Crippen molar-refractivity contribution < 1.29 is 4.43 Å². The van der Waals surface area contributed by atoms with E-state index in [1.807, 2.05) is 18.2 Å². The van der Waals surface area contributed by atoms with Gasteiger partial charge in [-0.3, -0.25) is 0 Å². The third kappa shape index (κ3) is 5.10. The second kappa shape index (κ2) is 5.83. The summed E-state index contributed by atoms with van der Waals surface area (Å²) in [4.78, 5) is 3.63. The number of benzene rings is 1. The van der Waals surface area contributed by atoms with Crippen LogP contribution in [0.2, 0.25) is 19.6 Å². The molecule has 0 aromatic heterocycles. The lowest BCUT2D eigenvalue weighted by molar-refractivity contribution is 0.296. The van der Waals surface area contributed by atoms with Crippen LogP contribution in [0.1, 0.15) is 5.56 Å². The van der Waals surface area contributed by atoms with Gasteiger partial charge in [0.1, 0.15) is 6.61 Å². The van der Waals surface area contributed by atoms with E-state index in [2.05, 4.69) is 36.6 Å². The Morgan fingerprint density at radius 2 is 1.88 bits per heavy atom. The average molecular weight is 233 g/mol. The molecule has 0 amide bonds. The van der Waals surface area contributed by atoms with Crippen LogP contribution in [-0.2, 0) is 10.8 Å². The van der Waals surface area contributed by atoms with Crippen molar-refractivity contribution in [1.82, 2.24) is 0 Å². The van der Waals surface area contributed by atoms with E-state index in [9.17, 15) is 0 Å². The van der Waals surface area contributed by atoms with E-state index >= 15 is 0 Å². The van der Waals surface area contributed by atoms with Gasteiger partial charge in [-0.2, -0.15) is 0 Å². The van der Waals surface area contributed by atoms with Gasteiger partial charge in [0.25, 0.3) is 0 Å². The van der Waals surface area contributed by atoms with Crippen molar-refractivity contribution >= 4 is 8.32 Å². The molecule has 0 N–H and O–H groups in total. The molecule has 0 radical (unpaired) electrons. The van der Waals surface area contributed by atoms with Crippen molar-refractivity contribution in [2.24, 2.45) is 0 Å². The molecule has 0 aliphatic carbocycles. The minimum Gasteiger partial charge on any atom is -0.410 e. The molecule has 1 atom stereocenters. The summed E-state index contributed by atoms with van der Waals surface area (Å²) in [6, 6.07) is 10.1. The van der Waals surface area contributed by atoms with E-state index in [4.69, 9.17) is 11.0 Å². The van der Waals surface area contributed by atoms with Gasteiger partial charge in [0.05, 0.1) is 6.42 Å². The zero-order valence-corrected chi connectivity index (χ0v) is 11.2. The van der Waals surface area contributed by atoms with Crippen molar-refractivity contribution in [2.75, 3.05) is 6.61 Å². The zero-order valence-electron chi connectivity index (χ0n) is 10.2. The van der Waals surface area contributed by atoms with Crippen LogP contribution in [0.4, 0.5) is 0 Å². The second-order valence-electron chi connectivity index (χ2n) is 4.90. The van der Waals surface area contributed by atoms with Crippen LogP contribution in [0.25, 0.3) is 4.85 Å². The Bertz CT molecular complexity index is 350. The predicted molar refractivity (Wildman–Crippen MR) is 69.8 cm³/mol. The predicted octanol–water partition coefficient (Wildman–Crippen LogP) is 3.37. The summed E-state index contributed by atoms with van der Waals surface area (Å²) < 4.78 is 5.78. The summed E-state index contributed by atoms with van der Waals surface area (Å²) >= 11 is 0. The Morgan fingerprint density at radius 1 is 1.25 bits per heavy atom. The van der Waals surface area contributed by atoms with E-state index in [1.54, 1.807) is 0 Å². The molecular weight excluding hydrogens is 214 g/mol. The highest BCUT2D eigenvalue weighted by Crippen LogP contribution is 2.09. The van der Waals surface area contributed by atoms with Crippen LogP contribution in [-0.4, -0.2) is 21.0 Å². The minimum absolute atomic E-state index is 0.0471. The summed E-state index contributed by atoms with van der Waals surface area (Å²) in [5, 5.41) is 0. The third-order valence-electron chi connectivity index (χ3n) is 2.21. The van der Waals surface area contributed by atoms with Crippen molar-refractivity contribution in [2.45, 2.75) is 32.1 Å². The molecule has 0 heterocycles. The normalized spacial score (nSPS) is 13.1. The van der Waals surface area contributed by atoms with Crippen LogP contribution in [0.15, 0.2) is 30.3 Å². The van der Waals surface area contributed by atoms with E-state index in [0.29, 0.717) is 6.61 Å². The molecule has 0 spiro atoms. The topological polar surface area (TPSA) is 13.6 Å². The Balaban J connectivity index is 2.48. The standard InChI is InChI=1S/C13H19NOSi/c1-14-13(11-15-16(2,3)4)10-12-8-6-5-7-9-12/h5-9,13H,10-11H2,2-4H3/t13-/m0/s1. The maximum Gasteiger partial charge on any atom is 0.249 e. The first-order chi connectivity index (χ1) is 7.51. The van der Waals surface area contributed by atoms with Crippen LogP contribution < -0.4 is 0 Å². The fraction of sp³-hybridized carbons (Fsp3) is 0.462. The fourth-order valence-electron chi connectivity index (χ4n) is 1.37. The van der Waals surface area contributed by atoms with Gasteiger partial charge in [0.2, 0.25) is 6.04 Å². The summed E-state index contributed by atoms with van der Waals surface area (Å²) in [5.41, 5.74) is 1.21. The Kier molecular flexibility index (Phi) is 4.72. The van der Waals surface area contributed by atoms with E-state index < -0.39 is 8.32 Å². The summed E-state index contributed by atoms with van der Waals surface area (Å²) in [6.45, 7) is 14.2. The Hall–Kier alpha value is -1.11. The summed E-state index contributed by atoms with van der Waals surface area (Å²) in [7, 11) is -1.50. The highest BCUT2D eigenvalue weighted by molar-refractivity contribution is 6.69. The average Bonchev–Trinajstić information content (AvgIpc) is 2.24. The van der Waals surface area contributed by atoms with Gasteiger partial charge in [0, 0.05) is 0 Å². The van der Waals surface area contributed by atoms with Gasteiger partial charge in [0.15, 0.2) is 8.32 Å². The fourth-order valence-corrected chi connectivity index (χ4v) is 2.07. The lowest BCUT2D eigenvalue weighted by Gasteiger charge is -2.17.